The van der Waals surface area contributed by atoms with Gasteiger partial charge in [-0.05, 0) is 61.4 Å². The lowest BCUT2D eigenvalue weighted by Gasteiger charge is -2.39. The Kier molecular flexibility index (Phi) is 9.88. The number of hydrogen-bond acceptors (Lipinski definition) is 6. The number of carbonyl (C=O) groups is 1. The first kappa shape index (κ1) is 30.5. The van der Waals surface area contributed by atoms with E-state index >= 15 is 0 Å². The van der Waals surface area contributed by atoms with Crippen LogP contribution in [0.3, 0.4) is 0 Å². The molecule has 222 valence electrons. The average molecular weight is 700 g/mol. The number of amidine groups is 1. The van der Waals surface area contributed by atoms with Crippen LogP contribution in [0.4, 0.5) is 4.79 Å². The normalized spacial score (nSPS) is 19.3. The minimum atomic E-state index is -0.383. The van der Waals surface area contributed by atoms with Crippen molar-refractivity contribution in [1.82, 2.24) is 14.7 Å². The van der Waals surface area contributed by atoms with Gasteiger partial charge in [-0.2, -0.15) is 0 Å². The summed E-state index contributed by atoms with van der Waals surface area (Å²) in [7, 11) is 1.63. The van der Waals surface area contributed by atoms with Crippen LogP contribution in [0, 0.1) is 0 Å². The number of rotatable bonds is 8. The first-order chi connectivity index (χ1) is 20.3. The van der Waals surface area contributed by atoms with E-state index in [-0.39, 0.29) is 30.8 Å². The van der Waals surface area contributed by atoms with Crippen molar-refractivity contribution in [2.24, 2.45) is 4.99 Å². The monoisotopic (exact) mass is 698 g/mol. The molecule has 2 amide bonds. The molecular formula is C32H36Br2N4O4. The molecule has 2 aliphatic heterocycles. The summed E-state index contributed by atoms with van der Waals surface area (Å²) >= 11 is 7.13. The maximum Gasteiger partial charge on any atom is 0.326 e. The zero-order valence-corrected chi connectivity index (χ0v) is 27.2. The largest absolute Gasteiger partial charge is 0.497 e. The summed E-state index contributed by atoms with van der Waals surface area (Å²) in [5, 5.41) is 9.41. The molecule has 0 saturated carbocycles. The van der Waals surface area contributed by atoms with Gasteiger partial charge in [0.2, 0.25) is 0 Å². The SMILES string of the molecule is COc1ccc(C2=N[C@@H](c3ccc(Br)cc3)[C@@H](c3ccc(Br)cc3)N2C(=O)N2CCN(CCO)CC2)c(OC(C)C)c1. The van der Waals surface area contributed by atoms with Crippen molar-refractivity contribution in [3.8, 4) is 11.5 Å². The number of aliphatic hydroxyl groups is 1. The Balaban J connectivity index is 1.65. The second-order valence-corrected chi connectivity index (χ2v) is 12.5. The van der Waals surface area contributed by atoms with Gasteiger partial charge in [-0.25, -0.2) is 4.79 Å². The number of carbonyl (C=O) groups excluding carboxylic acids is 1. The number of amides is 2. The molecule has 10 heteroatoms. The first-order valence-corrected chi connectivity index (χ1v) is 15.7. The molecule has 0 aliphatic carbocycles. The molecule has 2 heterocycles. The van der Waals surface area contributed by atoms with E-state index in [4.69, 9.17) is 14.5 Å². The van der Waals surface area contributed by atoms with Crippen molar-refractivity contribution in [2.75, 3.05) is 46.4 Å². The summed E-state index contributed by atoms with van der Waals surface area (Å²) < 4.78 is 13.7. The lowest BCUT2D eigenvalue weighted by atomic mass is 9.94. The van der Waals surface area contributed by atoms with Gasteiger partial charge in [0.15, 0.2) is 0 Å². The molecule has 1 N–H and O–H groups in total. The molecule has 1 fully saturated rings. The molecule has 0 unspecified atom stereocenters. The van der Waals surface area contributed by atoms with Gasteiger partial charge in [0.1, 0.15) is 23.4 Å². The summed E-state index contributed by atoms with van der Waals surface area (Å²) in [5.41, 5.74) is 2.72. The van der Waals surface area contributed by atoms with Crippen LogP contribution in [-0.4, -0.2) is 84.2 Å². The van der Waals surface area contributed by atoms with E-state index < -0.39 is 0 Å². The van der Waals surface area contributed by atoms with E-state index in [1.807, 2.05) is 66.1 Å². The zero-order valence-electron chi connectivity index (χ0n) is 24.0. The van der Waals surface area contributed by atoms with Crippen LogP contribution in [-0.2, 0) is 0 Å². The Bertz CT molecular complexity index is 1410. The fraction of sp³-hybridized carbons (Fsp3) is 0.375. The van der Waals surface area contributed by atoms with Crippen molar-refractivity contribution < 1.29 is 19.4 Å². The third-order valence-electron chi connectivity index (χ3n) is 7.55. The van der Waals surface area contributed by atoms with E-state index in [9.17, 15) is 9.90 Å². The molecule has 0 spiro atoms. The predicted molar refractivity (Wildman–Crippen MR) is 171 cm³/mol. The number of piperazine rings is 1. The fourth-order valence-electron chi connectivity index (χ4n) is 5.48. The van der Waals surface area contributed by atoms with Gasteiger partial charge in [0.25, 0.3) is 0 Å². The van der Waals surface area contributed by atoms with Crippen molar-refractivity contribution >= 4 is 43.7 Å². The number of β-amino-alcohol motifs (C(OH)–C–C–N with tert-alkyl or cyclic N) is 1. The number of ether oxygens (including phenoxy) is 2. The van der Waals surface area contributed by atoms with Gasteiger partial charge in [-0.3, -0.25) is 14.8 Å². The average Bonchev–Trinajstić information content (AvgIpc) is 3.38. The Labute approximate surface area is 264 Å². The summed E-state index contributed by atoms with van der Waals surface area (Å²) in [4.78, 5) is 25.8. The Morgan fingerprint density at radius 3 is 2.14 bits per heavy atom. The highest BCUT2D eigenvalue weighted by Gasteiger charge is 2.45. The number of aliphatic hydroxyl groups excluding tert-OH is 1. The summed E-state index contributed by atoms with van der Waals surface area (Å²) in [6, 6.07) is 21.1. The molecule has 2 aliphatic rings. The molecule has 0 bridgehead atoms. The van der Waals surface area contributed by atoms with Crippen LogP contribution >= 0.6 is 31.9 Å². The number of benzene rings is 3. The maximum absolute atomic E-state index is 14.6. The van der Waals surface area contributed by atoms with E-state index in [1.165, 1.54) is 0 Å². The van der Waals surface area contributed by atoms with Crippen molar-refractivity contribution in [3.63, 3.8) is 0 Å². The molecule has 5 rings (SSSR count). The first-order valence-electron chi connectivity index (χ1n) is 14.1. The molecule has 1 saturated heterocycles. The Morgan fingerprint density at radius 2 is 1.57 bits per heavy atom. The Hall–Kier alpha value is -2.92. The minimum Gasteiger partial charge on any atom is -0.497 e. The second kappa shape index (κ2) is 13.6. The lowest BCUT2D eigenvalue weighted by Crippen LogP contribution is -2.54. The van der Waals surface area contributed by atoms with Crippen LogP contribution in [0.15, 0.2) is 80.7 Å². The van der Waals surface area contributed by atoms with Gasteiger partial charge < -0.3 is 19.5 Å². The van der Waals surface area contributed by atoms with Crippen LogP contribution < -0.4 is 9.47 Å². The van der Waals surface area contributed by atoms with Crippen LogP contribution in [0.1, 0.15) is 42.6 Å². The van der Waals surface area contributed by atoms with Crippen LogP contribution in [0.25, 0.3) is 0 Å². The molecule has 2 atom stereocenters. The highest BCUT2D eigenvalue weighted by molar-refractivity contribution is 9.10. The number of methoxy groups -OCH3 is 1. The number of nitrogens with zero attached hydrogens (tertiary/aromatic N) is 4. The minimum absolute atomic E-state index is 0.0915. The smallest absolute Gasteiger partial charge is 0.326 e. The van der Waals surface area contributed by atoms with Crippen LogP contribution in [0.5, 0.6) is 11.5 Å². The van der Waals surface area contributed by atoms with Gasteiger partial charge in [0, 0.05) is 47.7 Å². The molecular weight excluding hydrogens is 664 g/mol. The molecule has 0 radical (unpaired) electrons. The Morgan fingerprint density at radius 1 is 0.952 bits per heavy atom. The molecule has 3 aromatic rings. The van der Waals surface area contributed by atoms with Crippen molar-refractivity contribution in [1.29, 1.82) is 0 Å². The van der Waals surface area contributed by atoms with Gasteiger partial charge in [-0.1, -0.05) is 56.1 Å². The van der Waals surface area contributed by atoms with Gasteiger partial charge >= 0.3 is 6.03 Å². The standard InChI is InChI=1S/C32H36Br2N4O4/c1-21(2)42-28-20-26(41-3)12-13-27(28)31-35-29(22-4-8-24(33)9-5-22)30(23-6-10-25(34)11-7-23)38(31)32(40)37-16-14-36(15-17-37)18-19-39/h4-13,20-21,29-30,39H,14-19H2,1-3H3/t29-,30+/m0/s1. The zero-order chi connectivity index (χ0) is 29.8. The van der Waals surface area contributed by atoms with E-state index in [0.717, 1.165) is 25.6 Å². The third-order valence-corrected chi connectivity index (χ3v) is 8.60. The lowest BCUT2D eigenvalue weighted by molar-refractivity contribution is 0.108. The van der Waals surface area contributed by atoms with Crippen LogP contribution in [0.2, 0.25) is 0 Å². The van der Waals surface area contributed by atoms with Gasteiger partial charge in [-0.15, -0.1) is 0 Å². The van der Waals surface area contributed by atoms with E-state index in [1.54, 1.807) is 7.11 Å². The summed E-state index contributed by atoms with van der Waals surface area (Å²) in [6.45, 7) is 7.20. The molecule has 3 aromatic carbocycles. The number of aliphatic imine (C=N–C) groups is 1. The highest BCUT2D eigenvalue weighted by atomic mass is 79.9. The quantitative estimate of drug-likeness (QED) is 0.300. The van der Waals surface area contributed by atoms with Gasteiger partial charge in [0.05, 0.1) is 31.4 Å². The topological polar surface area (TPSA) is 77.8 Å². The fourth-order valence-corrected chi connectivity index (χ4v) is 6.01. The number of hydrogen-bond donors (Lipinski definition) is 1. The third kappa shape index (κ3) is 6.67. The number of urea groups is 1. The molecule has 42 heavy (non-hydrogen) atoms. The predicted octanol–water partition coefficient (Wildman–Crippen LogP) is 6.28. The maximum atomic E-state index is 14.6. The van der Waals surface area contributed by atoms with Crippen molar-refractivity contribution in [3.05, 3.63) is 92.4 Å². The van der Waals surface area contributed by atoms with E-state index in [0.29, 0.717) is 50.1 Å². The van der Waals surface area contributed by atoms with Crippen molar-refractivity contribution in [2.45, 2.75) is 32.0 Å². The molecule has 0 aromatic heterocycles. The highest BCUT2D eigenvalue weighted by Crippen LogP contribution is 2.46. The van der Waals surface area contributed by atoms with E-state index in [2.05, 4.69) is 61.0 Å². The summed E-state index contributed by atoms with van der Waals surface area (Å²) in [5.74, 6) is 1.84. The molecule has 8 nitrogen and oxygen atoms in total. The second-order valence-electron chi connectivity index (χ2n) is 10.7. The number of halogens is 2. The summed E-state index contributed by atoms with van der Waals surface area (Å²) in [6.07, 6.45) is -0.0915.